The zero-order valence-corrected chi connectivity index (χ0v) is 28.3. The van der Waals surface area contributed by atoms with E-state index in [0.717, 1.165) is 25.7 Å². The minimum Gasteiger partial charge on any atom is -0.219 e. The van der Waals surface area contributed by atoms with Gasteiger partial charge in [0.2, 0.25) is 0 Å². The number of fused-ring (bicyclic) bond motifs is 2. The molecule has 3 aliphatic rings. The first-order chi connectivity index (χ1) is 23.6. The smallest absolute Gasteiger partial charge is 0.150 e. The van der Waals surface area contributed by atoms with E-state index in [1.807, 2.05) is 0 Å². The fourth-order valence-corrected chi connectivity index (χ4v) is 8.87. The van der Waals surface area contributed by atoms with Gasteiger partial charge in [0.1, 0.15) is 0 Å². The summed E-state index contributed by atoms with van der Waals surface area (Å²) in [6, 6.07) is 48.8. The van der Waals surface area contributed by atoms with Gasteiger partial charge in [-0.15, -0.1) is 0 Å². The van der Waals surface area contributed by atoms with Gasteiger partial charge in [-0.3, -0.25) is 0 Å². The molecule has 9 rings (SSSR count). The number of rotatable bonds is 8. The van der Waals surface area contributed by atoms with Gasteiger partial charge in [-0.05, 0) is 115 Å². The molecule has 0 aromatic heterocycles. The molecule has 0 saturated carbocycles. The minimum absolute atomic E-state index is 0.619. The van der Waals surface area contributed by atoms with E-state index in [1.165, 1.54) is 77.6 Å². The average molecular weight is 627 g/mol. The van der Waals surface area contributed by atoms with Gasteiger partial charge in [0, 0.05) is 0 Å². The first kappa shape index (κ1) is 30.6. The number of benzene rings is 6. The van der Waals surface area contributed by atoms with Crippen molar-refractivity contribution in [2.24, 2.45) is 0 Å². The van der Waals surface area contributed by atoms with Gasteiger partial charge in [-0.2, -0.15) is 0 Å². The van der Waals surface area contributed by atoms with Gasteiger partial charge in [0.25, 0.3) is 0 Å². The van der Waals surface area contributed by atoms with Crippen LogP contribution in [0.4, 0.5) is 0 Å². The van der Waals surface area contributed by atoms with Gasteiger partial charge >= 0.3 is 0 Å². The number of hydrogen-bond donors (Lipinski definition) is 0. The second-order valence-corrected chi connectivity index (χ2v) is 13.1. The van der Waals surface area contributed by atoms with Crippen LogP contribution in [0.25, 0.3) is 55.3 Å². The standard InChI is InChI=1S/C46H42O2/c1-5-37-38(6-2)46(8-4)40-30-36-35(29-39(40)45(37,7-3)47-48-46)41(31-21-13-9-14-22-31)43(33-25-17-11-18-26-33)44(34-27-19-12-20-28-34)42(36)32-23-15-10-16-24-32/h9-30H,5-8H2,1-4H3. The zero-order chi connectivity index (χ0) is 32.9. The molecule has 48 heavy (non-hydrogen) atoms. The topological polar surface area (TPSA) is 18.5 Å². The molecule has 238 valence electrons. The summed E-state index contributed by atoms with van der Waals surface area (Å²) in [5.41, 5.74) is 13.8. The lowest BCUT2D eigenvalue weighted by molar-refractivity contribution is -0.431. The molecule has 2 unspecified atom stereocenters. The molecule has 2 aliphatic heterocycles. The molecule has 0 radical (unpaired) electrons. The van der Waals surface area contributed by atoms with Crippen LogP contribution in [0, 0.1) is 0 Å². The van der Waals surface area contributed by atoms with Gasteiger partial charge in [0.15, 0.2) is 11.2 Å². The van der Waals surface area contributed by atoms with Crippen molar-refractivity contribution in [1.29, 1.82) is 0 Å². The largest absolute Gasteiger partial charge is 0.219 e. The van der Waals surface area contributed by atoms with Crippen molar-refractivity contribution in [3.8, 4) is 44.5 Å². The van der Waals surface area contributed by atoms with Crippen molar-refractivity contribution < 1.29 is 9.78 Å². The Labute approximate surface area is 284 Å². The lowest BCUT2D eigenvalue weighted by atomic mass is 9.62. The summed E-state index contributed by atoms with van der Waals surface area (Å²) < 4.78 is 0. The highest BCUT2D eigenvalue weighted by Crippen LogP contribution is 2.62. The first-order valence-corrected chi connectivity index (χ1v) is 17.6. The molecule has 0 fully saturated rings. The lowest BCUT2D eigenvalue weighted by Gasteiger charge is -2.54. The monoisotopic (exact) mass is 626 g/mol. The predicted molar refractivity (Wildman–Crippen MR) is 199 cm³/mol. The van der Waals surface area contributed by atoms with E-state index in [1.54, 1.807) is 0 Å². The van der Waals surface area contributed by atoms with E-state index in [9.17, 15) is 0 Å². The Morgan fingerprint density at radius 1 is 0.396 bits per heavy atom. The van der Waals surface area contributed by atoms with Crippen LogP contribution in [0.15, 0.2) is 145 Å². The van der Waals surface area contributed by atoms with Gasteiger partial charge in [-0.25, -0.2) is 9.78 Å². The molecule has 6 aromatic carbocycles. The molecule has 0 spiro atoms. The molecule has 0 amide bonds. The van der Waals surface area contributed by atoms with Crippen LogP contribution in [0.3, 0.4) is 0 Å². The van der Waals surface area contributed by atoms with Crippen LogP contribution in [-0.4, -0.2) is 0 Å². The zero-order valence-electron chi connectivity index (χ0n) is 28.3. The van der Waals surface area contributed by atoms with Gasteiger partial charge in [0.05, 0.1) is 0 Å². The molecular formula is C46H42O2. The Morgan fingerprint density at radius 2 is 0.688 bits per heavy atom. The Balaban J connectivity index is 1.65. The maximum Gasteiger partial charge on any atom is 0.150 e. The van der Waals surface area contributed by atoms with Crippen molar-refractivity contribution in [3.05, 3.63) is 156 Å². The van der Waals surface area contributed by atoms with Gasteiger partial charge < -0.3 is 0 Å². The van der Waals surface area contributed by atoms with Crippen molar-refractivity contribution in [2.45, 2.75) is 64.6 Å². The summed E-state index contributed by atoms with van der Waals surface area (Å²) in [5, 5.41) is 2.47. The Kier molecular flexibility index (Phi) is 7.67. The van der Waals surface area contributed by atoms with Crippen LogP contribution < -0.4 is 0 Å². The van der Waals surface area contributed by atoms with Crippen LogP contribution in [0.2, 0.25) is 0 Å². The van der Waals surface area contributed by atoms with E-state index in [2.05, 4.69) is 161 Å². The summed E-state index contributed by atoms with van der Waals surface area (Å²) in [6.07, 6.45) is 3.47. The van der Waals surface area contributed by atoms with Crippen molar-refractivity contribution in [2.75, 3.05) is 0 Å². The first-order valence-electron chi connectivity index (χ1n) is 17.6. The molecule has 1 aliphatic carbocycles. The molecule has 0 saturated heterocycles. The molecule has 2 bridgehead atoms. The Morgan fingerprint density at radius 3 is 0.958 bits per heavy atom. The van der Waals surface area contributed by atoms with Crippen LogP contribution >= 0.6 is 0 Å². The highest BCUT2D eigenvalue weighted by molar-refractivity contribution is 6.18. The summed E-state index contributed by atoms with van der Waals surface area (Å²) in [7, 11) is 0. The Bertz CT molecular complexity index is 1990. The maximum absolute atomic E-state index is 6.63. The van der Waals surface area contributed by atoms with E-state index in [4.69, 9.17) is 9.78 Å². The molecule has 2 atom stereocenters. The lowest BCUT2D eigenvalue weighted by Crippen LogP contribution is -2.52. The van der Waals surface area contributed by atoms with E-state index < -0.39 is 11.2 Å². The highest BCUT2D eigenvalue weighted by atomic mass is 17.2. The summed E-state index contributed by atoms with van der Waals surface area (Å²) in [5.74, 6) is 0. The molecule has 2 heterocycles. The van der Waals surface area contributed by atoms with Crippen LogP contribution in [0.1, 0.15) is 64.5 Å². The molecular weight excluding hydrogens is 585 g/mol. The highest BCUT2D eigenvalue weighted by Gasteiger charge is 2.58. The molecule has 2 heteroatoms. The van der Waals surface area contributed by atoms with Crippen molar-refractivity contribution in [1.82, 2.24) is 0 Å². The van der Waals surface area contributed by atoms with E-state index >= 15 is 0 Å². The minimum atomic E-state index is -0.619. The fraction of sp³-hybridized carbons (Fsp3) is 0.217. The molecule has 2 nitrogen and oxygen atoms in total. The fourth-order valence-electron chi connectivity index (χ4n) is 8.87. The van der Waals surface area contributed by atoms with Crippen molar-refractivity contribution >= 4 is 10.8 Å². The normalized spacial score (nSPS) is 19.9. The molecule has 0 N–H and O–H groups in total. The molecule has 6 aromatic rings. The third-order valence-electron chi connectivity index (χ3n) is 10.9. The third kappa shape index (κ3) is 4.33. The summed E-state index contributed by atoms with van der Waals surface area (Å²) >= 11 is 0. The quantitative estimate of drug-likeness (QED) is 0.124. The number of hydrogen-bond acceptors (Lipinski definition) is 2. The third-order valence-corrected chi connectivity index (χ3v) is 10.9. The summed E-state index contributed by atoms with van der Waals surface area (Å²) in [4.78, 5) is 13.3. The van der Waals surface area contributed by atoms with Crippen molar-refractivity contribution in [3.63, 3.8) is 0 Å². The Hall–Kier alpha value is -4.76. The second kappa shape index (κ2) is 12.0. The van der Waals surface area contributed by atoms with E-state index in [0.29, 0.717) is 0 Å². The summed E-state index contributed by atoms with van der Waals surface area (Å²) in [6.45, 7) is 9.04. The SMILES string of the molecule is CCC1=C(CC)C2(CC)OOC1(CC)c1cc3c(-c4ccccc4)c(-c4ccccc4)c(-c4ccccc4)c(-c4ccccc4)c3cc12. The average Bonchev–Trinajstić information content (AvgIpc) is 3.17. The maximum atomic E-state index is 6.63. The van der Waals surface area contributed by atoms with Crippen LogP contribution in [0.5, 0.6) is 0 Å². The van der Waals surface area contributed by atoms with Gasteiger partial charge in [-0.1, -0.05) is 149 Å². The van der Waals surface area contributed by atoms with Crippen LogP contribution in [-0.2, 0) is 21.0 Å². The predicted octanol–water partition coefficient (Wildman–Crippen LogP) is 12.8. The van der Waals surface area contributed by atoms with E-state index in [-0.39, 0.29) is 0 Å². The second-order valence-electron chi connectivity index (χ2n) is 13.1.